The summed E-state index contributed by atoms with van der Waals surface area (Å²) in [5, 5.41) is 4.15. The highest BCUT2D eigenvalue weighted by Crippen LogP contribution is 2.20. The summed E-state index contributed by atoms with van der Waals surface area (Å²) in [5.74, 6) is 0. The van der Waals surface area contributed by atoms with E-state index in [9.17, 15) is 16.8 Å². The van der Waals surface area contributed by atoms with Crippen LogP contribution in [0.2, 0.25) is 0 Å². The molecule has 0 unspecified atom stereocenters. The number of aromatic nitrogens is 2. The molecule has 0 aliphatic heterocycles. The Labute approximate surface area is 158 Å². The van der Waals surface area contributed by atoms with Crippen molar-refractivity contribution < 1.29 is 16.8 Å². The van der Waals surface area contributed by atoms with Crippen LogP contribution in [0, 0.1) is 6.92 Å². The lowest BCUT2D eigenvalue weighted by atomic mass is 10.2. The average Bonchev–Trinajstić information content (AvgIpc) is 3.14. The summed E-state index contributed by atoms with van der Waals surface area (Å²) in [6.07, 6.45) is 4.50. The molecule has 0 spiro atoms. The van der Waals surface area contributed by atoms with Gasteiger partial charge >= 0.3 is 0 Å². The Bertz CT molecular complexity index is 1170. The van der Waals surface area contributed by atoms with Gasteiger partial charge in [-0.25, -0.2) is 26.2 Å². The van der Waals surface area contributed by atoms with E-state index in [1.165, 1.54) is 18.2 Å². The van der Waals surface area contributed by atoms with Gasteiger partial charge in [-0.1, -0.05) is 18.2 Å². The Balaban J connectivity index is 1.85. The maximum absolute atomic E-state index is 12.7. The third-order valence-corrected chi connectivity index (χ3v) is 6.68. The average molecular weight is 406 g/mol. The minimum atomic E-state index is -3.88. The Morgan fingerprint density at radius 1 is 1.04 bits per heavy atom. The van der Waals surface area contributed by atoms with Crippen LogP contribution in [0.25, 0.3) is 5.69 Å². The van der Waals surface area contributed by atoms with Gasteiger partial charge in [0.1, 0.15) is 0 Å². The van der Waals surface area contributed by atoms with E-state index in [-0.39, 0.29) is 16.3 Å². The van der Waals surface area contributed by atoms with Gasteiger partial charge in [-0.3, -0.25) is 0 Å². The van der Waals surface area contributed by atoms with Crippen molar-refractivity contribution in [2.45, 2.75) is 23.3 Å². The van der Waals surface area contributed by atoms with Crippen molar-refractivity contribution in [2.24, 2.45) is 0 Å². The molecule has 0 aliphatic rings. The topological polar surface area (TPSA) is 98.1 Å². The molecule has 9 heteroatoms. The van der Waals surface area contributed by atoms with Gasteiger partial charge in [-0.2, -0.15) is 5.10 Å². The van der Waals surface area contributed by atoms with Crippen molar-refractivity contribution in [3.05, 3.63) is 72.1 Å². The van der Waals surface area contributed by atoms with E-state index in [1.54, 1.807) is 36.1 Å². The smallest absolute Gasteiger partial charge is 0.241 e. The standard InChI is InChI=1S/C18H19N3O4S2/c1-14-7-8-17(26(2,22)23)12-18(14)27(24,25)20-13-15-5-3-6-16(11-15)21-10-4-9-19-21/h3-12,20H,13H2,1-2H3. The highest BCUT2D eigenvalue weighted by molar-refractivity contribution is 7.91. The molecule has 1 aromatic heterocycles. The molecule has 0 radical (unpaired) electrons. The molecule has 3 aromatic rings. The molecule has 2 aromatic carbocycles. The number of sulfonamides is 1. The first kappa shape index (κ1) is 19.3. The zero-order chi connectivity index (χ0) is 19.7. The Hall–Kier alpha value is -2.49. The predicted octanol–water partition coefficient (Wildman–Crippen LogP) is 2.06. The quantitative estimate of drug-likeness (QED) is 0.677. The fourth-order valence-corrected chi connectivity index (χ4v) is 4.60. The molecule has 1 heterocycles. The molecule has 27 heavy (non-hydrogen) atoms. The summed E-state index contributed by atoms with van der Waals surface area (Å²) in [4.78, 5) is -0.0807. The van der Waals surface area contributed by atoms with Gasteiger partial charge in [0.25, 0.3) is 0 Å². The van der Waals surface area contributed by atoms with Crippen LogP contribution in [0.1, 0.15) is 11.1 Å². The summed E-state index contributed by atoms with van der Waals surface area (Å²) >= 11 is 0. The first-order chi connectivity index (χ1) is 12.7. The number of nitrogens with one attached hydrogen (secondary N) is 1. The SMILES string of the molecule is Cc1ccc(S(C)(=O)=O)cc1S(=O)(=O)NCc1cccc(-n2cccn2)c1. The van der Waals surface area contributed by atoms with Gasteiger partial charge in [0.05, 0.1) is 15.5 Å². The van der Waals surface area contributed by atoms with Gasteiger partial charge in [0.15, 0.2) is 9.84 Å². The second kappa shape index (κ2) is 7.26. The summed E-state index contributed by atoms with van der Waals surface area (Å²) in [5.41, 5.74) is 2.04. The highest BCUT2D eigenvalue weighted by atomic mass is 32.2. The van der Waals surface area contributed by atoms with Crippen LogP contribution in [-0.4, -0.2) is 32.9 Å². The van der Waals surface area contributed by atoms with Crippen LogP contribution in [0.5, 0.6) is 0 Å². The largest absolute Gasteiger partial charge is 0.241 e. The minimum Gasteiger partial charge on any atom is -0.241 e. The normalized spacial score (nSPS) is 12.2. The zero-order valence-corrected chi connectivity index (χ0v) is 16.5. The van der Waals surface area contributed by atoms with E-state index in [1.807, 2.05) is 18.2 Å². The lowest BCUT2D eigenvalue weighted by Gasteiger charge is -2.11. The molecular formula is C18H19N3O4S2. The lowest BCUT2D eigenvalue weighted by molar-refractivity contribution is 0.580. The molecule has 0 aliphatic carbocycles. The maximum Gasteiger partial charge on any atom is 0.241 e. The number of hydrogen-bond donors (Lipinski definition) is 1. The van der Waals surface area contributed by atoms with Crippen molar-refractivity contribution in [3.8, 4) is 5.69 Å². The molecule has 3 rings (SSSR count). The van der Waals surface area contributed by atoms with E-state index < -0.39 is 19.9 Å². The third-order valence-electron chi connectivity index (χ3n) is 4.02. The molecule has 0 saturated heterocycles. The van der Waals surface area contributed by atoms with Crippen LogP contribution in [0.3, 0.4) is 0 Å². The second-order valence-corrected chi connectivity index (χ2v) is 9.90. The lowest BCUT2D eigenvalue weighted by Crippen LogP contribution is -2.24. The van der Waals surface area contributed by atoms with Gasteiger partial charge in [-0.15, -0.1) is 0 Å². The van der Waals surface area contributed by atoms with Crippen LogP contribution in [0.15, 0.2) is 70.7 Å². The third kappa shape index (κ3) is 4.44. The van der Waals surface area contributed by atoms with Gasteiger partial charge in [0.2, 0.25) is 10.0 Å². The summed E-state index contributed by atoms with van der Waals surface area (Å²) < 4.78 is 53.1. The second-order valence-electron chi connectivity index (χ2n) is 6.14. The van der Waals surface area contributed by atoms with Crippen molar-refractivity contribution in [3.63, 3.8) is 0 Å². The van der Waals surface area contributed by atoms with Gasteiger partial charge in [0, 0.05) is 25.2 Å². The van der Waals surface area contributed by atoms with Crippen LogP contribution < -0.4 is 4.72 Å². The van der Waals surface area contributed by atoms with Crippen molar-refractivity contribution in [1.82, 2.24) is 14.5 Å². The summed E-state index contributed by atoms with van der Waals surface area (Å²) in [7, 11) is -7.38. The van der Waals surface area contributed by atoms with Gasteiger partial charge < -0.3 is 0 Å². The molecule has 142 valence electrons. The van der Waals surface area contributed by atoms with E-state index in [2.05, 4.69) is 9.82 Å². The Morgan fingerprint density at radius 3 is 2.48 bits per heavy atom. The first-order valence-corrected chi connectivity index (χ1v) is 11.4. The summed E-state index contributed by atoms with van der Waals surface area (Å²) in [6, 6.07) is 13.2. The fraction of sp³-hybridized carbons (Fsp3) is 0.167. The first-order valence-electron chi connectivity index (χ1n) is 8.06. The summed E-state index contributed by atoms with van der Waals surface area (Å²) in [6.45, 7) is 1.69. The molecule has 7 nitrogen and oxygen atoms in total. The molecular weight excluding hydrogens is 386 g/mol. The molecule has 0 bridgehead atoms. The monoisotopic (exact) mass is 405 g/mol. The van der Waals surface area contributed by atoms with Crippen molar-refractivity contribution in [1.29, 1.82) is 0 Å². The number of sulfone groups is 1. The van der Waals surface area contributed by atoms with E-state index in [0.717, 1.165) is 17.5 Å². The number of rotatable bonds is 6. The Morgan fingerprint density at radius 2 is 1.81 bits per heavy atom. The number of benzene rings is 2. The van der Waals surface area contributed by atoms with E-state index in [0.29, 0.717) is 5.56 Å². The Kier molecular flexibility index (Phi) is 5.18. The van der Waals surface area contributed by atoms with Crippen LogP contribution >= 0.6 is 0 Å². The molecule has 0 amide bonds. The maximum atomic E-state index is 12.7. The fourth-order valence-electron chi connectivity index (χ4n) is 2.59. The van der Waals surface area contributed by atoms with Crippen molar-refractivity contribution in [2.75, 3.05) is 6.26 Å². The number of nitrogens with zero attached hydrogens (tertiary/aromatic N) is 2. The molecule has 0 fully saturated rings. The molecule has 1 N–H and O–H groups in total. The number of hydrogen-bond acceptors (Lipinski definition) is 5. The van der Waals surface area contributed by atoms with Gasteiger partial charge in [-0.05, 0) is 48.4 Å². The number of aryl methyl sites for hydroxylation is 1. The minimum absolute atomic E-state index is 0.0332. The highest BCUT2D eigenvalue weighted by Gasteiger charge is 2.19. The zero-order valence-electron chi connectivity index (χ0n) is 14.8. The van der Waals surface area contributed by atoms with E-state index in [4.69, 9.17) is 0 Å². The van der Waals surface area contributed by atoms with Crippen molar-refractivity contribution >= 4 is 19.9 Å². The van der Waals surface area contributed by atoms with Crippen LogP contribution in [-0.2, 0) is 26.4 Å². The molecule has 0 atom stereocenters. The molecule has 0 saturated carbocycles. The predicted molar refractivity (Wildman–Crippen MR) is 102 cm³/mol. The van der Waals surface area contributed by atoms with Crippen LogP contribution in [0.4, 0.5) is 0 Å². The van der Waals surface area contributed by atoms with E-state index >= 15 is 0 Å².